The summed E-state index contributed by atoms with van der Waals surface area (Å²) in [6.45, 7) is 2.42. The average Bonchev–Trinajstić information content (AvgIpc) is 2.86. The number of carbonyl (C=O) groups excluding carboxylic acids is 1. The van der Waals surface area contributed by atoms with E-state index in [-0.39, 0.29) is 18.5 Å². The Morgan fingerprint density at radius 3 is 2.40 bits per heavy atom. The van der Waals surface area contributed by atoms with Gasteiger partial charge in [-0.2, -0.15) is 13.2 Å². The highest BCUT2D eigenvalue weighted by atomic mass is 19.4. The van der Waals surface area contributed by atoms with Crippen LogP contribution >= 0.6 is 0 Å². The summed E-state index contributed by atoms with van der Waals surface area (Å²) in [5.74, 6) is 0.718. The van der Waals surface area contributed by atoms with Gasteiger partial charge in [0.1, 0.15) is 18.2 Å². The van der Waals surface area contributed by atoms with Crippen molar-refractivity contribution in [2.24, 2.45) is 0 Å². The number of hydrogen-bond acceptors (Lipinski definition) is 4. The summed E-state index contributed by atoms with van der Waals surface area (Å²) < 4.78 is 44.3. The molecule has 2 heterocycles. The first kappa shape index (κ1) is 19.9. The highest BCUT2D eigenvalue weighted by Crippen LogP contribution is 2.33. The van der Waals surface area contributed by atoms with E-state index in [2.05, 4.69) is 9.97 Å². The molecule has 8 heteroatoms. The predicted octanol–water partition coefficient (Wildman–Crippen LogP) is 4.59. The topological polar surface area (TPSA) is 55.3 Å². The Hall–Kier alpha value is -3.42. The van der Waals surface area contributed by atoms with Crippen LogP contribution in [0.3, 0.4) is 0 Å². The second-order valence-corrected chi connectivity index (χ2v) is 7.04. The highest BCUT2D eigenvalue weighted by molar-refractivity contribution is 5.98. The summed E-state index contributed by atoms with van der Waals surface area (Å²) >= 11 is 0. The summed E-state index contributed by atoms with van der Waals surface area (Å²) in [4.78, 5) is 23.3. The van der Waals surface area contributed by atoms with Gasteiger partial charge in [-0.1, -0.05) is 18.2 Å². The van der Waals surface area contributed by atoms with E-state index >= 15 is 0 Å². The lowest BCUT2D eigenvalue weighted by atomic mass is 10.0. The molecule has 0 radical (unpaired) electrons. The zero-order valence-electron chi connectivity index (χ0n) is 16.1. The van der Waals surface area contributed by atoms with E-state index in [0.717, 1.165) is 12.1 Å². The zero-order valence-corrected chi connectivity index (χ0v) is 16.1. The zero-order chi connectivity index (χ0) is 21.3. The summed E-state index contributed by atoms with van der Waals surface area (Å²) in [7, 11) is 0. The van der Waals surface area contributed by atoms with Crippen molar-refractivity contribution in [1.29, 1.82) is 0 Å². The van der Waals surface area contributed by atoms with Crippen molar-refractivity contribution in [3.63, 3.8) is 0 Å². The van der Waals surface area contributed by atoms with Crippen molar-refractivity contribution in [2.45, 2.75) is 25.7 Å². The van der Waals surface area contributed by atoms with Crippen LogP contribution in [-0.4, -0.2) is 33.4 Å². The van der Waals surface area contributed by atoms with Gasteiger partial charge in [-0.3, -0.25) is 4.79 Å². The Labute approximate surface area is 171 Å². The molecule has 1 amide bonds. The number of fused-ring (bicyclic) bond motifs is 1. The van der Waals surface area contributed by atoms with Crippen LogP contribution < -0.4 is 4.74 Å². The molecular weight excluding hydrogens is 395 g/mol. The lowest BCUT2D eigenvalue weighted by Gasteiger charge is -2.25. The molecule has 1 atom stereocenters. The van der Waals surface area contributed by atoms with Gasteiger partial charge in [-0.05, 0) is 48.4 Å². The summed E-state index contributed by atoms with van der Waals surface area (Å²) in [5, 5.41) is 0. The van der Waals surface area contributed by atoms with Crippen LogP contribution in [0.15, 0.2) is 60.9 Å². The van der Waals surface area contributed by atoms with Crippen LogP contribution in [0, 0.1) is 0 Å². The number of ether oxygens (including phenoxy) is 1. The van der Waals surface area contributed by atoms with E-state index in [1.165, 1.54) is 12.1 Å². The largest absolute Gasteiger partial charge is 0.491 e. The smallest absolute Gasteiger partial charge is 0.416 e. The molecule has 0 bridgehead atoms. The quantitative estimate of drug-likeness (QED) is 0.631. The Bertz CT molecular complexity index is 1050. The maximum absolute atomic E-state index is 13.3. The molecule has 0 fully saturated rings. The number of carbonyl (C=O) groups is 1. The van der Waals surface area contributed by atoms with Crippen molar-refractivity contribution in [3.05, 3.63) is 77.9 Å². The predicted molar refractivity (Wildman–Crippen MR) is 104 cm³/mol. The van der Waals surface area contributed by atoms with Crippen LogP contribution in [0.1, 0.15) is 28.7 Å². The Morgan fingerprint density at radius 2 is 1.73 bits per heavy atom. The van der Waals surface area contributed by atoms with Crippen LogP contribution in [0.4, 0.5) is 13.2 Å². The van der Waals surface area contributed by atoms with Gasteiger partial charge in [0.15, 0.2) is 0 Å². The van der Waals surface area contributed by atoms with Crippen molar-refractivity contribution in [1.82, 2.24) is 14.9 Å². The molecule has 1 aliphatic rings. The highest BCUT2D eigenvalue weighted by Gasteiger charge is 2.31. The number of halogens is 3. The van der Waals surface area contributed by atoms with Gasteiger partial charge in [-0.15, -0.1) is 0 Å². The molecule has 30 heavy (non-hydrogen) atoms. The molecule has 5 nitrogen and oxygen atoms in total. The molecular formula is C22H18F3N3O2. The molecule has 3 aromatic rings. The van der Waals surface area contributed by atoms with Crippen LogP contribution in [0.25, 0.3) is 11.1 Å². The fraction of sp³-hybridized carbons (Fsp3) is 0.227. The number of alkyl halides is 3. The van der Waals surface area contributed by atoms with Crippen molar-refractivity contribution < 1.29 is 22.7 Å². The SMILES string of the molecule is C[C@H]1COc2ccc(-c3ccc(C(F)(F)F)cc3)cc2C(=O)N1Cc1ncccn1. The number of benzene rings is 2. The molecule has 1 aromatic heterocycles. The number of rotatable bonds is 3. The number of nitrogens with zero attached hydrogens (tertiary/aromatic N) is 3. The Morgan fingerprint density at radius 1 is 1.07 bits per heavy atom. The van der Waals surface area contributed by atoms with E-state index in [1.807, 2.05) is 6.92 Å². The molecule has 2 aromatic carbocycles. The Balaban J connectivity index is 1.66. The minimum Gasteiger partial charge on any atom is -0.491 e. The third-order valence-electron chi connectivity index (χ3n) is 4.96. The normalized spacial score (nSPS) is 16.6. The van der Waals surface area contributed by atoms with Crippen LogP contribution in [0.5, 0.6) is 5.75 Å². The van der Waals surface area contributed by atoms with Gasteiger partial charge < -0.3 is 9.64 Å². The lowest BCUT2D eigenvalue weighted by molar-refractivity contribution is -0.137. The molecule has 0 saturated carbocycles. The number of aromatic nitrogens is 2. The molecule has 0 N–H and O–H groups in total. The maximum Gasteiger partial charge on any atom is 0.416 e. The van der Waals surface area contributed by atoms with E-state index in [0.29, 0.717) is 34.9 Å². The first-order chi connectivity index (χ1) is 14.3. The summed E-state index contributed by atoms with van der Waals surface area (Å²) in [6, 6.07) is 11.4. The number of amides is 1. The van der Waals surface area contributed by atoms with Crippen molar-refractivity contribution in [2.75, 3.05) is 6.61 Å². The summed E-state index contributed by atoms with van der Waals surface area (Å²) in [6.07, 6.45) is -1.17. The lowest BCUT2D eigenvalue weighted by Crippen LogP contribution is -2.39. The van der Waals surface area contributed by atoms with E-state index < -0.39 is 11.7 Å². The van der Waals surface area contributed by atoms with E-state index in [1.54, 1.807) is 41.6 Å². The molecule has 4 rings (SSSR count). The second kappa shape index (κ2) is 7.78. The van der Waals surface area contributed by atoms with Gasteiger partial charge >= 0.3 is 6.18 Å². The minimum atomic E-state index is -4.40. The van der Waals surface area contributed by atoms with E-state index in [9.17, 15) is 18.0 Å². The van der Waals surface area contributed by atoms with Gasteiger partial charge in [-0.25, -0.2) is 9.97 Å². The molecule has 0 aliphatic carbocycles. The van der Waals surface area contributed by atoms with Crippen LogP contribution in [-0.2, 0) is 12.7 Å². The standard InChI is InChI=1S/C22H18F3N3O2/c1-14-13-30-19-8-5-16(15-3-6-17(7-4-15)22(23,24)25)11-18(19)21(29)28(14)12-20-26-9-2-10-27-20/h2-11,14H,12-13H2,1H3/t14-/m0/s1. The monoisotopic (exact) mass is 413 g/mol. The third-order valence-corrected chi connectivity index (χ3v) is 4.96. The maximum atomic E-state index is 13.3. The molecule has 1 aliphatic heterocycles. The molecule has 0 saturated heterocycles. The van der Waals surface area contributed by atoms with Gasteiger partial charge in [0.25, 0.3) is 5.91 Å². The molecule has 154 valence electrons. The molecule has 0 unspecified atom stereocenters. The van der Waals surface area contributed by atoms with Crippen LogP contribution in [0.2, 0.25) is 0 Å². The third kappa shape index (κ3) is 3.98. The molecule has 0 spiro atoms. The van der Waals surface area contributed by atoms with Crippen molar-refractivity contribution in [3.8, 4) is 16.9 Å². The number of hydrogen-bond donors (Lipinski definition) is 0. The van der Waals surface area contributed by atoms with Gasteiger partial charge in [0.2, 0.25) is 0 Å². The van der Waals surface area contributed by atoms with Gasteiger partial charge in [0.05, 0.1) is 23.7 Å². The second-order valence-electron chi connectivity index (χ2n) is 7.04. The minimum absolute atomic E-state index is 0.205. The first-order valence-corrected chi connectivity index (χ1v) is 9.34. The van der Waals surface area contributed by atoms with E-state index in [4.69, 9.17) is 4.74 Å². The Kier molecular flexibility index (Phi) is 5.15. The van der Waals surface area contributed by atoms with Crippen molar-refractivity contribution >= 4 is 5.91 Å². The average molecular weight is 413 g/mol. The fourth-order valence-electron chi connectivity index (χ4n) is 3.30. The fourth-order valence-corrected chi connectivity index (χ4v) is 3.30. The van der Waals surface area contributed by atoms with Gasteiger partial charge in [0, 0.05) is 12.4 Å². The summed E-state index contributed by atoms with van der Waals surface area (Å²) in [5.41, 5.74) is 0.842. The first-order valence-electron chi connectivity index (χ1n) is 9.34.